The van der Waals surface area contributed by atoms with Gasteiger partial charge in [0.1, 0.15) is 6.04 Å². The molecular formula is C11H19NO2. The van der Waals surface area contributed by atoms with Crippen molar-refractivity contribution in [3.05, 3.63) is 0 Å². The zero-order valence-corrected chi connectivity index (χ0v) is 9.03. The van der Waals surface area contributed by atoms with Crippen LogP contribution in [0, 0.1) is 5.92 Å². The van der Waals surface area contributed by atoms with Gasteiger partial charge in [-0.15, -0.1) is 0 Å². The van der Waals surface area contributed by atoms with Crippen LogP contribution in [-0.4, -0.2) is 37.1 Å². The van der Waals surface area contributed by atoms with E-state index in [0.717, 1.165) is 0 Å². The average Bonchev–Trinajstić information content (AvgIpc) is 2.91. The molecule has 0 N–H and O–H groups in total. The van der Waals surface area contributed by atoms with E-state index in [1.807, 2.05) is 0 Å². The summed E-state index contributed by atoms with van der Waals surface area (Å²) in [5.74, 6) is 0.511. The van der Waals surface area contributed by atoms with Crippen LogP contribution in [0.3, 0.4) is 0 Å². The minimum Gasteiger partial charge on any atom is -0.468 e. The minimum absolute atomic E-state index is 0.0289. The first-order chi connectivity index (χ1) is 6.74. The van der Waals surface area contributed by atoms with E-state index in [-0.39, 0.29) is 12.0 Å². The summed E-state index contributed by atoms with van der Waals surface area (Å²) in [4.78, 5) is 13.9. The van der Waals surface area contributed by atoms with Crippen LogP contribution >= 0.6 is 0 Å². The van der Waals surface area contributed by atoms with Gasteiger partial charge in [-0.25, -0.2) is 0 Å². The Hall–Kier alpha value is -0.570. The first-order valence-corrected chi connectivity index (χ1v) is 5.54. The first kappa shape index (κ1) is 9.97. The van der Waals surface area contributed by atoms with Gasteiger partial charge in [-0.1, -0.05) is 6.42 Å². The van der Waals surface area contributed by atoms with Gasteiger partial charge in [0.25, 0.3) is 0 Å². The van der Waals surface area contributed by atoms with Gasteiger partial charge in [-0.2, -0.15) is 0 Å². The third kappa shape index (κ3) is 1.78. The van der Waals surface area contributed by atoms with Gasteiger partial charge in [0.05, 0.1) is 7.11 Å². The Morgan fingerprint density at radius 2 is 2.00 bits per heavy atom. The second-order valence-corrected chi connectivity index (χ2v) is 4.56. The van der Waals surface area contributed by atoms with Gasteiger partial charge in [0, 0.05) is 6.04 Å². The predicted octanol–water partition coefficient (Wildman–Crippen LogP) is 1.42. The molecule has 2 fully saturated rings. The van der Waals surface area contributed by atoms with Gasteiger partial charge in [-0.05, 0) is 38.6 Å². The lowest BCUT2D eigenvalue weighted by molar-refractivity contribution is -0.150. The third-order valence-electron chi connectivity index (χ3n) is 3.60. The van der Waals surface area contributed by atoms with Gasteiger partial charge < -0.3 is 4.74 Å². The highest BCUT2D eigenvalue weighted by atomic mass is 16.5. The molecule has 14 heavy (non-hydrogen) atoms. The van der Waals surface area contributed by atoms with Crippen molar-refractivity contribution < 1.29 is 9.53 Å². The zero-order chi connectivity index (χ0) is 10.1. The van der Waals surface area contributed by atoms with Crippen molar-refractivity contribution in [2.24, 2.45) is 5.92 Å². The van der Waals surface area contributed by atoms with Crippen molar-refractivity contribution in [2.45, 2.75) is 44.2 Å². The molecule has 0 aromatic carbocycles. The fourth-order valence-electron chi connectivity index (χ4n) is 2.28. The Morgan fingerprint density at radius 1 is 1.36 bits per heavy atom. The number of likely N-dealkylation sites (N-methyl/N-ethyl adjacent to an activating group) is 1. The highest BCUT2D eigenvalue weighted by Gasteiger charge is 2.41. The summed E-state index contributed by atoms with van der Waals surface area (Å²) in [6.07, 6.45) is 6.15. The van der Waals surface area contributed by atoms with Gasteiger partial charge >= 0.3 is 5.97 Å². The van der Waals surface area contributed by atoms with E-state index in [0.29, 0.717) is 12.0 Å². The van der Waals surface area contributed by atoms with Crippen LogP contribution in [-0.2, 0) is 9.53 Å². The molecule has 0 aromatic rings. The van der Waals surface area contributed by atoms with Crippen molar-refractivity contribution >= 4 is 5.97 Å². The topological polar surface area (TPSA) is 29.5 Å². The zero-order valence-electron chi connectivity index (χ0n) is 9.03. The molecular weight excluding hydrogens is 178 g/mol. The normalized spacial score (nSPS) is 24.5. The number of carbonyl (C=O) groups is 1. The highest BCUT2D eigenvalue weighted by Crippen LogP contribution is 2.36. The number of hydrogen-bond acceptors (Lipinski definition) is 3. The second kappa shape index (κ2) is 3.89. The number of hydrogen-bond donors (Lipinski definition) is 0. The SMILES string of the molecule is COC(=O)C(C1CCC1)N(C)C1CC1. The maximum absolute atomic E-state index is 11.7. The molecule has 1 unspecified atom stereocenters. The monoisotopic (exact) mass is 197 g/mol. The predicted molar refractivity (Wildman–Crippen MR) is 53.9 cm³/mol. The van der Waals surface area contributed by atoms with Crippen molar-refractivity contribution in [2.75, 3.05) is 14.2 Å². The second-order valence-electron chi connectivity index (χ2n) is 4.56. The molecule has 0 amide bonds. The Kier molecular flexibility index (Phi) is 2.77. The molecule has 2 aliphatic rings. The van der Waals surface area contributed by atoms with Crippen LogP contribution in [0.4, 0.5) is 0 Å². The lowest BCUT2D eigenvalue weighted by Gasteiger charge is -2.37. The van der Waals surface area contributed by atoms with E-state index < -0.39 is 0 Å². The fraction of sp³-hybridized carbons (Fsp3) is 0.909. The van der Waals surface area contributed by atoms with Crippen LogP contribution in [0.2, 0.25) is 0 Å². The smallest absolute Gasteiger partial charge is 0.323 e. The quantitative estimate of drug-likeness (QED) is 0.638. The van der Waals surface area contributed by atoms with E-state index in [2.05, 4.69) is 11.9 Å². The molecule has 0 heterocycles. The fourth-order valence-corrected chi connectivity index (χ4v) is 2.28. The number of ether oxygens (including phenoxy) is 1. The average molecular weight is 197 g/mol. The molecule has 1 atom stereocenters. The number of rotatable bonds is 4. The summed E-state index contributed by atoms with van der Waals surface area (Å²) in [5, 5.41) is 0. The number of nitrogens with zero attached hydrogens (tertiary/aromatic N) is 1. The number of carbonyl (C=O) groups excluding carboxylic acids is 1. The van der Waals surface area contributed by atoms with E-state index >= 15 is 0 Å². The molecule has 2 aliphatic carbocycles. The Labute approximate surface area is 85.4 Å². The molecule has 0 bridgehead atoms. The Morgan fingerprint density at radius 3 is 2.36 bits per heavy atom. The summed E-state index contributed by atoms with van der Waals surface area (Å²) in [5.41, 5.74) is 0. The van der Waals surface area contributed by atoms with E-state index in [1.54, 1.807) is 0 Å². The number of esters is 1. The summed E-state index contributed by atoms with van der Waals surface area (Å²) < 4.78 is 4.89. The molecule has 0 aliphatic heterocycles. The van der Waals surface area contributed by atoms with Crippen LogP contribution < -0.4 is 0 Å². The first-order valence-electron chi connectivity index (χ1n) is 5.54. The minimum atomic E-state index is -0.0379. The Bertz CT molecular complexity index is 221. The summed E-state index contributed by atoms with van der Waals surface area (Å²) >= 11 is 0. The van der Waals surface area contributed by atoms with Crippen LogP contribution in [0.25, 0.3) is 0 Å². The molecule has 2 saturated carbocycles. The maximum atomic E-state index is 11.7. The lowest BCUT2D eigenvalue weighted by atomic mass is 9.79. The Balaban J connectivity index is 1.99. The maximum Gasteiger partial charge on any atom is 0.323 e. The van der Waals surface area contributed by atoms with Crippen LogP contribution in [0.5, 0.6) is 0 Å². The molecule has 80 valence electrons. The molecule has 0 aromatic heterocycles. The van der Waals surface area contributed by atoms with Crippen LogP contribution in [0.15, 0.2) is 0 Å². The molecule has 2 rings (SSSR count). The lowest BCUT2D eigenvalue weighted by Crippen LogP contribution is -2.48. The van der Waals surface area contributed by atoms with Crippen molar-refractivity contribution in [1.82, 2.24) is 4.90 Å². The molecule has 0 saturated heterocycles. The summed E-state index contributed by atoms with van der Waals surface area (Å²) in [6.45, 7) is 0. The van der Waals surface area contributed by atoms with Gasteiger partial charge in [-0.3, -0.25) is 9.69 Å². The third-order valence-corrected chi connectivity index (χ3v) is 3.60. The molecule has 0 spiro atoms. The highest BCUT2D eigenvalue weighted by molar-refractivity contribution is 5.76. The van der Waals surface area contributed by atoms with Gasteiger partial charge in [0.15, 0.2) is 0 Å². The van der Waals surface area contributed by atoms with E-state index in [1.165, 1.54) is 39.2 Å². The van der Waals surface area contributed by atoms with Crippen molar-refractivity contribution in [3.63, 3.8) is 0 Å². The summed E-state index contributed by atoms with van der Waals surface area (Å²) in [6, 6.07) is 0.668. The molecule has 3 nitrogen and oxygen atoms in total. The van der Waals surface area contributed by atoms with Crippen molar-refractivity contribution in [3.8, 4) is 0 Å². The van der Waals surface area contributed by atoms with E-state index in [4.69, 9.17) is 4.74 Å². The molecule has 3 heteroatoms. The molecule has 0 radical (unpaired) electrons. The number of methoxy groups -OCH3 is 1. The summed E-state index contributed by atoms with van der Waals surface area (Å²) in [7, 11) is 3.56. The standard InChI is InChI=1S/C11H19NO2/c1-12(9-6-7-9)10(11(13)14-2)8-4-3-5-8/h8-10H,3-7H2,1-2H3. The van der Waals surface area contributed by atoms with Crippen LogP contribution in [0.1, 0.15) is 32.1 Å². The van der Waals surface area contributed by atoms with Crippen molar-refractivity contribution in [1.29, 1.82) is 0 Å². The largest absolute Gasteiger partial charge is 0.468 e. The van der Waals surface area contributed by atoms with Gasteiger partial charge in [0.2, 0.25) is 0 Å². The van der Waals surface area contributed by atoms with E-state index in [9.17, 15) is 4.79 Å².